The van der Waals surface area contributed by atoms with Crippen LogP contribution in [0.5, 0.6) is 5.75 Å². The van der Waals surface area contributed by atoms with E-state index in [0.29, 0.717) is 6.04 Å². The fraction of sp³-hybridized carbons (Fsp3) is 0.267. The van der Waals surface area contributed by atoms with Gasteiger partial charge >= 0.3 is 0 Å². The lowest BCUT2D eigenvalue weighted by Gasteiger charge is -2.12. The average Bonchev–Trinajstić information content (AvgIpc) is 3.00. The molecule has 1 aromatic carbocycles. The summed E-state index contributed by atoms with van der Waals surface area (Å²) >= 11 is 1.54. The number of ether oxygens (including phenoxy) is 1. The molecule has 0 aliphatic carbocycles. The standard InChI is InChI=1S/C15H17N3OS/c1-9(2)18-13-5-4-10(19-3)8-12(13)17-15(18)11-6-7-20-14(11)16/h4-9H,16H2,1-3H3. The molecule has 0 unspecified atom stereocenters. The molecule has 3 rings (SSSR count). The number of nitrogens with zero attached hydrogens (tertiary/aromatic N) is 2. The Kier molecular flexibility index (Phi) is 3.14. The maximum absolute atomic E-state index is 6.06. The van der Waals surface area contributed by atoms with E-state index in [4.69, 9.17) is 15.5 Å². The fourth-order valence-corrected chi connectivity index (χ4v) is 3.06. The van der Waals surface area contributed by atoms with Crippen molar-refractivity contribution in [3.05, 3.63) is 29.6 Å². The lowest BCUT2D eigenvalue weighted by molar-refractivity contribution is 0.415. The topological polar surface area (TPSA) is 53.1 Å². The molecule has 0 saturated heterocycles. The van der Waals surface area contributed by atoms with E-state index < -0.39 is 0 Å². The molecule has 3 aromatic rings. The van der Waals surface area contributed by atoms with Gasteiger partial charge in [0.1, 0.15) is 11.6 Å². The van der Waals surface area contributed by atoms with Gasteiger partial charge in [-0.1, -0.05) is 0 Å². The molecule has 0 aliphatic heterocycles. The molecule has 0 atom stereocenters. The molecule has 2 N–H and O–H groups in total. The average molecular weight is 287 g/mol. The molecule has 0 aliphatic rings. The monoisotopic (exact) mass is 287 g/mol. The second-order valence-corrected chi connectivity index (χ2v) is 5.90. The Morgan fingerprint density at radius 2 is 2.10 bits per heavy atom. The Balaban J connectivity index is 2.31. The van der Waals surface area contributed by atoms with Crippen LogP contribution in [0.3, 0.4) is 0 Å². The summed E-state index contributed by atoms with van der Waals surface area (Å²) in [6, 6.07) is 8.30. The Morgan fingerprint density at radius 1 is 1.30 bits per heavy atom. The van der Waals surface area contributed by atoms with Gasteiger partial charge in [0, 0.05) is 12.1 Å². The number of imidazole rings is 1. The third-order valence-corrected chi connectivity index (χ3v) is 4.10. The summed E-state index contributed by atoms with van der Waals surface area (Å²) < 4.78 is 7.49. The zero-order chi connectivity index (χ0) is 14.3. The molecular weight excluding hydrogens is 270 g/mol. The van der Waals surface area contributed by atoms with Crippen molar-refractivity contribution < 1.29 is 4.74 Å². The fourth-order valence-electron chi connectivity index (χ4n) is 2.42. The normalized spacial score (nSPS) is 11.4. The van der Waals surface area contributed by atoms with Crippen LogP contribution in [0.1, 0.15) is 19.9 Å². The molecule has 2 aromatic heterocycles. The van der Waals surface area contributed by atoms with E-state index in [1.165, 1.54) is 11.3 Å². The second kappa shape index (κ2) is 4.83. The van der Waals surface area contributed by atoms with E-state index in [-0.39, 0.29) is 0 Å². The van der Waals surface area contributed by atoms with Crippen molar-refractivity contribution in [3.63, 3.8) is 0 Å². The van der Waals surface area contributed by atoms with E-state index in [2.05, 4.69) is 18.4 Å². The maximum atomic E-state index is 6.06. The van der Waals surface area contributed by atoms with Gasteiger partial charge in [-0.25, -0.2) is 4.98 Å². The number of fused-ring (bicyclic) bond motifs is 1. The van der Waals surface area contributed by atoms with E-state index in [9.17, 15) is 0 Å². The zero-order valence-corrected chi connectivity index (χ0v) is 12.6. The van der Waals surface area contributed by atoms with Crippen LogP contribution in [0.15, 0.2) is 29.6 Å². The van der Waals surface area contributed by atoms with Gasteiger partial charge in [-0.15, -0.1) is 11.3 Å². The van der Waals surface area contributed by atoms with E-state index in [1.54, 1.807) is 7.11 Å². The van der Waals surface area contributed by atoms with Gasteiger partial charge in [0.2, 0.25) is 0 Å². The summed E-state index contributed by atoms with van der Waals surface area (Å²) in [5.41, 5.74) is 9.09. The predicted molar refractivity (Wildman–Crippen MR) is 84.4 cm³/mol. The minimum Gasteiger partial charge on any atom is -0.497 e. The largest absolute Gasteiger partial charge is 0.497 e. The van der Waals surface area contributed by atoms with Crippen LogP contribution in [0.2, 0.25) is 0 Å². The lowest BCUT2D eigenvalue weighted by atomic mass is 10.2. The lowest BCUT2D eigenvalue weighted by Crippen LogP contribution is -2.03. The van der Waals surface area contributed by atoms with E-state index in [1.807, 2.05) is 29.6 Å². The quantitative estimate of drug-likeness (QED) is 0.794. The van der Waals surface area contributed by atoms with Gasteiger partial charge in [0.15, 0.2) is 0 Å². The summed E-state index contributed by atoms with van der Waals surface area (Å²) in [5.74, 6) is 1.73. The highest BCUT2D eigenvalue weighted by Gasteiger charge is 2.17. The van der Waals surface area contributed by atoms with Gasteiger partial charge < -0.3 is 15.0 Å². The number of anilines is 1. The summed E-state index contributed by atoms with van der Waals surface area (Å²) in [6.45, 7) is 4.30. The number of aromatic nitrogens is 2. The van der Waals surface area contributed by atoms with Gasteiger partial charge in [-0.3, -0.25) is 0 Å². The van der Waals surface area contributed by atoms with Crippen LogP contribution in [-0.4, -0.2) is 16.7 Å². The van der Waals surface area contributed by atoms with Crippen molar-refractivity contribution in [1.82, 2.24) is 9.55 Å². The van der Waals surface area contributed by atoms with Crippen LogP contribution in [0.4, 0.5) is 5.00 Å². The van der Waals surface area contributed by atoms with Crippen molar-refractivity contribution in [1.29, 1.82) is 0 Å². The summed E-state index contributed by atoms with van der Waals surface area (Å²) in [6.07, 6.45) is 0. The minimum atomic E-state index is 0.308. The smallest absolute Gasteiger partial charge is 0.144 e. The number of benzene rings is 1. The number of hydrogen-bond donors (Lipinski definition) is 1. The number of nitrogens with two attached hydrogens (primary N) is 1. The maximum Gasteiger partial charge on any atom is 0.144 e. The van der Waals surface area contributed by atoms with Gasteiger partial charge in [-0.2, -0.15) is 0 Å². The zero-order valence-electron chi connectivity index (χ0n) is 11.8. The molecule has 0 saturated carbocycles. The first-order chi connectivity index (χ1) is 9.61. The van der Waals surface area contributed by atoms with Crippen molar-refractivity contribution >= 4 is 27.4 Å². The SMILES string of the molecule is COc1ccc2c(c1)nc(-c1ccsc1N)n2C(C)C. The first kappa shape index (κ1) is 13.0. The summed E-state index contributed by atoms with van der Waals surface area (Å²) in [7, 11) is 1.67. The van der Waals surface area contributed by atoms with E-state index >= 15 is 0 Å². The third kappa shape index (κ3) is 1.94. The molecular formula is C15H17N3OS. The number of thiophene rings is 1. The van der Waals surface area contributed by atoms with Gasteiger partial charge in [0.05, 0.1) is 28.7 Å². The Labute approximate surface area is 121 Å². The highest BCUT2D eigenvalue weighted by Crippen LogP contribution is 2.35. The third-order valence-electron chi connectivity index (χ3n) is 3.35. The highest BCUT2D eigenvalue weighted by atomic mass is 32.1. The number of rotatable bonds is 3. The summed E-state index contributed by atoms with van der Waals surface area (Å²) in [4.78, 5) is 4.76. The molecule has 0 bridgehead atoms. The predicted octanol–water partition coefficient (Wildman–Crippen LogP) is 3.94. The molecule has 4 nitrogen and oxygen atoms in total. The molecule has 0 amide bonds. The molecule has 20 heavy (non-hydrogen) atoms. The molecule has 2 heterocycles. The van der Waals surface area contributed by atoms with Crippen LogP contribution < -0.4 is 10.5 Å². The van der Waals surface area contributed by atoms with Gasteiger partial charge in [-0.05, 0) is 37.4 Å². The number of hydrogen-bond acceptors (Lipinski definition) is 4. The summed E-state index contributed by atoms with van der Waals surface area (Å²) in [5, 5.41) is 2.80. The van der Waals surface area contributed by atoms with Crippen molar-refractivity contribution in [2.75, 3.05) is 12.8 Å². The molecule has 0 fully saturated rings. The van der Waals surface area contributed by atoms with Crippen LogP contribution in [0.25, 0.3) is 22.4 Å². The van der Waals surface area contributed by atoms with Crippen LogP contribution in [-0.2, 0) is 0 Å². The molecule has 0 spiro atoms. The van der Waals surface area contributed by atoms with Gasteiger partial charge in [0.25, 0.3) is 0 Å². The Bertz CT molecular complexity index is 758. The first-order valence-electron chi connectivity index (χ1n) is 6.51. The Morgan fingerprint density at radius 3 is 2.70 bits per heavy atom. The van der Waals surface area contributed by atoms with Crippen molar-refractivity contribution in [3.8, 4) is 17.1 Å². The molecule has 104 valence electrons. The number of nitrogen functional groups attached to an aromatic ring is 1. The van der Waals surface area contributed by atoms with E-state index in [0.717, 1.165) is 33.2 Å². The van der Waals surface area contributed by atoms with Crippen molar-refractivity contribution in [2.45, 2.75) is 19.9 Å². The number of methoxy groups -OCH3 is 1. The van der Waals surface area contributed by atoms with Crippen LogP contribution in [0, 0.1) is 0 Å². The van der Waals surface area contributed by atoms with Crippen molar-refractivity contribution in [2.24, 2.45) is 0 Å². The Hall–Kier alpha value is -2.01. The first-order valence-corrected chi connectivity index (χ1v) is 7.39. The van der Waals surface area contributed by atoms with Crippen LogP contribution >= 0.6 is 11.3 Å². The highest BCUT2D eigenvalue weighted by molar-refractivity contribution is 7.14. The minimum absolute atomic E-state index is 0.308. The second-order valence-electron chi connectivity index (χ2n) is 4.95. The molecule has 0 radical (unpaired) electrons. The molecule has 5 heteroatoms.